The first-order chi connectivity index (χ1) is 7.60. The number of esters is 1. The second-order valence-electron chi connectivity index (χ2n) is 2.88. The summed E-state index contributed by atoms with van der Waals surface area (Å²) in [6.45, 7) is 0. The lowest BCUT2D eigenvalue weighted by Crippen LogP contribution is -2.25. The molecule has 1 aromatic rings. The van der Waals surface area contributed by atoms with Crippen molar-refractivity contribution in [3.8, 4) is 5.75 Å². The van der Waals surface area contributed by atoms with E-state index in [4.69, 9.17) is 4.74 Å². The summed E-state index contributed by atoms with van der Waals surface area (Å²) in [4.78, 5) is 33.5. The average Bonchev–Trinajstić information content (AvgIpc) is 2.36. The molecule has 0 unspecified atom stereocenters. The van der Waals surface area contributed by atoms with Crippen LogP contribution in [0.5, 0.6) is 5.75 Å². The predicted molar refractivity (Wildman–Crippen MR) is 54.3 cm³/mol. The highest BCUT2D eigenvalue weighted by atomic mass is 16.5. The van der Waals surface area contributed by atoms with E-state index in [1.54, 1.807) is 0 Å². The van der Waals surface area contributed by atoms with E-state index in [0.717, 1.165) is 7.11 Å². The van der Waals surface area contributed by atoms with E-state index in [1.807, 2.05) is 0 Å². The van der Waals surface area contributed by atoms with Crippen molar-refractivity contribution in [3.63, 3.8) is 0 Å². The van der Waals surface area contributed by atoms with Crippen LogP contribution in [0, 0.1) is 0 Å². The van der Waals surface area contributed by atoms with Crippen LogP contribution >= 0.6 is 0 Å². The maximum atomic E-state index is 11.5. The van der Waals surface area contributed by atoms with Gasteiger partial charge in [-0.15, -0.1) is 0 Å². The summed E-state index contributed by atoms with van der Waals surface area (Å²) in [5, 5.41) is 0. The lowest BCUT2D eigenvalue weighted by atomic mass is 10.1. The van der Waals surface area contributed by atoms with Gasteiger partial charge in [-0.05, 0) is 24.3 Å². The first kappa shape index (κ1) is 11.9. The molecule has 0 N–H and O–H groups in total. The minimum Gasteiger partial charge on any atom is -0.497 e. The van der Waals surface area contributed by atoms with Gasteiger partial charge in [-0.3, -0.25) is 9.59 Å². The Labute approximate surface area is 92.0 Å². The molecule has 5 nitrogen and oxygen atoms in total. The van der Waals surface area contributed by atoms with Crippen LogP contribution < -0.4 is 4.74 Å². The minimum atomic E-state index is -1.19. The number of carbonyl (C=O) groups is 3. The standard InChI is InChI=1S/C11H10O5/c1-15-8-5-3-7(4-6-8)9(12)10(13)11(14)16-2/h3-6H,1-2H3. The molecule has 0 heterocycles. The molecule has 1 rings (SSSR count). The molecule has 0 spiro atoms. The van der Waals surface area contributed by atoms with Crippen LogP contribution in [0.4, 0.5) is 0 Å². The number of hydrogen-bond acceptors (Lipinski definition) is 5. The van der Waals surface area contributed by atoms with Crippen LogP contribution in [0.25, 0.3) is 0 Å². The summed E-state index contributed by atoms with van der Waals surface area (Å²) in [5.74, 6) is -2.69. The molecule has 16 heavy (non-hydrogen) atoms. The van der Waals surface area contributed by atoms with Gasteiger partial charge in [0.25, 0.3) is 0 Å². The molecule has 0 saturated heterocycles. The van der Waals surface area contributed by atoms with Crippen LogP contribution in [-0.4, -0.2) is 31.8 Å². The molecule has 5 heteroatoms. The van der Waals surface area contributed by atoms with Crippen molar-refractivity contribution in [1.82, 2.24) is 0 Å². The molecule has 0 radical (unpaired) electrons. The van der Waals surface area contributed by atoms with E-state index in [9.17, 15) is 14.4 Å². The summed E-state index contributed by atoms with van der Waals surface area (Å²) in [7, 11) is 2.53. The monoisotopic (exact) mass is 222 g/mol. The Bertz CT molecular complexity index is 419. The topological polar surface area (TPSA) is 69.7 Å². The normalized spacial score (nSPS) is 9.38. The molecule has 0 saturated carbocycles. The lowest BCUT2D eigenvalue weighted by Gasteiger charge is -2.01. The molecule has 0 aliphatic carbocycles. The van der Waals surface area contributed by atoms with Gasteiger partial charge in [0.05, 0.1) is 14.2 Å². The third kappa shape index (κ3) is 2.44. The van der Waals surface area contributed by atoms with Gasteiger partial charge in [0, 0.05) is 5.56 Å². The Morgan fingerprint density at radius 1 is 1.00 bits per heavy atom. The molecule has 0 fully saturated rings. The summed E-state index contributed by atoms with van der Waals surface area (Å²) < 4.78 is 9.06. The number of benzene rings is 1. The average molecular weight is 222 g/mol. The molecule has 0 aromatic heterocycles. The molecular formula is C11H10O5. The van der Waals surface area contributed by atoms with Crippen molar-refractivity contribution in [3.05, 3.63) is 29.8 Å². The largest absolute Gasteiger partial charge is 0.497 e. The first-order valence-electron chi connectivity index (χ1n) is 4.41. The van der Waals surface area contributed by atoms with Gasteiger partial charge in [0.1, 0.15) is 5.75 Å². The van der Waals surface area contributed by atoms with Gasteiger partial charge >= 0.3 is 11.8 Å². The fraction of sp³-hybridized carbons (Fsp3) is 0.182. The molecule has 0 atom stereocenters. The molecule has 0 aliphatic rings. The summed E-state index contributed by atoms with van der Waals surface area (Å²) in [5.41, 5.74) is 0.121. The lowest BCUT2D eigenvalue weighted by molar-refractivity contribution is -0.149. The van der Waals surface area contributed by atoms with Gasteiger partial charge in [-0.2, -0.15) is 0 Å². The first-order valence-corrected chi connectivity index (χ1v) is 4.41. The van der Waals surface area contributed by atoms with Crippen LogP contribution in [0.1, 0.15) is 10.4 Å². The van der Waals surface area contributed by atoms with Crippen LogP contribution in [0.2, 0.25) is 0 Å². The zero-order valence-electron chi connectivity index (χ0n) is 8.85. The van der Waals surface area contributed by atoms with Crippen LogP contribution in [-0.2, 0) is 14.3 Å². The SMILES string of the molecule is COC(=O)C(=O)C(=O)c1ccc(OC)cc1. The maximum absolute atomic E-state index is 11.5. The van der Waals surface area contributed by atoms with Crippen LogP contribution in [0.3, 0.4) is 0 Å². The van der Waals surface area contributed by atoms with E-state index >= 15 is 0 Å². The Morgan fingerprint density at radius 3 is 2.00 bits per heavy atom. The van der Waals surface area contributed by atoms with E-state index in [2.05, 4.69) is 4.74 Å². The van der Waals surface area contributed by atoms with Crippen molar-refractivity contribution >= 4 is 17.5 Å². The Morgan fingerprint density at radius 2 is 1.56 bits per heavy atom. The third-order valence-electron chi connectivity index (χ3n) is 1.93. The van der Waals surface area contributed by atoms with E-state index in [0.29, 0.717) is 5.75 Å². The minimum absolute atomic E-state index is 0.121. The number of carbonyl (C=O) groups excluding carboxylic acids is 3. The summed E-state index contributed by atoms with van der Waals surface area (Å²) >= 11 is 0. The maximum Gasteiger partial charge on any atom is 0.383 e. The van der Waals surface area contributed by atoms with Crippen molar-refractivity contribution < 1.29 is 23.9 Å². The number of ether oxygens (including phenoxy) is 2. The quantitative estimate of drug-likeness (QED) is 0.323. The number of Topliss-reactive ketones (excluding diaryl/α,β-unsaturated/α-hetero) is 2. The second-order valence-corrected chi connectivity index (χ2v) is 2.88. The zero-order chi connectivity index (χ0) is 12.1. The highest BCUT2D eigenvalue weighted by molar-refractivity contribution is 6.65. The number of methoxy groups -OCH3 is 2. The highest BCUT2D eigenvalue weighted by Crippen LogP contribution is 2.12. The predicted octanol–water partition coefficient (Wildman–Crippen LogP) is 0.620. The Kier molecular flexibility index (Phi) is 3.77. The molecule has 0 amide bonds. The molecular weight excluding hydrogens is 212 g/mol. The van der Waals surface area contributed by atoms with E-state index in [1.165, 1.54) is 31.4 Å². The third-order valence-corrected chi connectivity index (χ3v) is 1.93. The molecule has 84 valence electrons. The van der Waals surface area contributed by atoms with Gasteiger partial charge in [-0.1, -0.05) is 0 Å². The Hall–Kier alpha value is -2.17. The van der Waals surface area contributed by atoms with Gasteiger partial charge < -0.3 is 9.47 Å². The highest BCUT2D eigenvalue weighted by Gasteiger charge is 2.24. The van der Waals surface area contributed by atoms with Gasteiger partial charge in [0.2, 0.25) is 5.78 Å². The van der Waals surface area contributed by atoms with Gasteiger partial charge in [0.15, 0.2) is 0 Å². The number of hydrogen-bond donors (Lipinski definition) is 0. The molecule has 0 aliphatic heterocycles. The number of ketones is 2. The fourth-order valence-electron chi connectivity index (χ4n) is 1.06. The van der Waals surface area contributed by atoms with Crippen molar-refractivity contribution in [2.45, 2.75) is 0 Å². The molecule has 0 bridgehead atoms. The second kappa shape index (κ2) is 5.06. The van der Waals surface area contributed by atoms with Crippen molar-refractivity contribution in [1.29, 1.82) is 0 Å². The molecule has 1 aromatic carbocycles. The number of rotatable bonds is 4. The van der Waals surface area contributed by atoms with E-state index in [-0.39, 0.29) is 5.56 Å². The smallest absolute Gasteiger partial charge is 0.383 e. The zero-order valence-corrected chi connectivity index (χ0v) is 8.85. The van der Waals surface area contributed by atoms with Crippen LogP contribution in [0.15, 0.2) is 24.3 Å². The van der Waals surface area contributed by atoms with E-state index < -0.39 is 17.5 Å². The van der Waals surface area contributed by atoms with Crippen molar-refractivity contribution in [2.24, 2.45) is 0 Å². The van der Waals surface area contributed by atoms with Crippen molar-refractivity contribution in [2.75, 3.05) is 14.2 Å². The summed E-state index contributed by atoms with van der Waals surface area (Å²) in [6, 6.07) is 5.86. The Balaban J connectivity index is 2.88. The summed E-state index contributed by atoms with van der Waals surface area (Å²) in [6.07, 6.45) is 0. The fourth-order valence-corrected chi connectivity index (χ4v) is 1.06. The van der Waals surface area contributed by atoms with Gasteiger partial charge in [-0.25, -0.2) is 4.79 Å².